The van der Waals surface area contributed by atoms with Gasteiger partial charge in [-0.3, -0.25) is 0 Å². The highest BCUT2D eigenvalue weighted by Gasteiger charge is 2.20. The lowest BCUT2D eigenvalue weighted by Crippen LogP contribution is -2.45. The lowest BCUT2D eigenvalue weighted by molar-refractivity contribution is 0.0697. The molecule has 1 heterocycles. The molecule has 0 aliphatic carbocycles. The Morgan fingerprint density at radius 3 is 2.56 bits per heavy atom. The summed E-state index contributed by atoms with van der Waals surface area (Å²) in [4.78, 5) is 18.4. The van der Waals surface area contributed by atoms with Gasteiger partial charge in [-0.2, -0.15) is 0 Å². The number of hydrogen-bond acceptors (Lipinski definition) is 5. The first-order valence-corrected chi connectivity index (χ1v) is 9.11. The number of rotatable bonds is 9. The van der Waals surface area contributed by atoms with Gasteiger partial charge in [0.05, 0.1) is 16.9 Å². The van der Waals surface area contributed by atoms with Crippen LogP contribution in [0.5, 0.6) is 0 Å². The topological polar surface area (TPSA) is 56.2 Å². The summed E-state index contributed by atoms with van der Waals surface area (Å²) in [6.07, 6.45) is 2.04. The van der Waals surface area contributed by atoms with Crippen molar-refractivity contribution in [2.45, 2.75) is 19.8 Å². The fourth-order valence-corrected chi connectivity index (χ4v) is 3.22. The molecular weight excluding hydrogens is 318 g/mol. The third-order valence-electron chi connectivity index (χ3n) is 4.82. The zero-order valence-electron chi connectivity index (χ0n) is 15.7. The number of methoxy groups -OCH3 is 1. The summed E-state index contributed by atoms with van der Waals surface area (Å²) in [6.45, 7) is 8.64. The molecule has 0 bridgehead atoms. The number of carboxylic acids is 1. The minimum Gasteiger partial charge on any atom is -0.478 e. The van der Waals surface area contributed by atoms with Crippen molar-refractivity contribution in [1.29, 1.82) is 0 Å². The maximum Gasteiger partial charge on any atom is 0.335 e. The first-order valence-electron chi connectivity index (χ1n) is 9.11. The first kappa shape index (κ1) is 19.5. The SMILES string of the molecule is CCN(CCCCOC)c1cc(C(=O)O)ccc1N1CCN(C)CC1. The van der Waals surface area contributed by atoms with Crippen LogP contribution in [0, 0.1) is 0 Å². The Morgan fingerprint density at radius 1 is 1.24 bits per heavy atom. The van der Waals surface area contributed by atoms with E-state index in [0.29, 0.717) is 5.56 Å². The zero-order valence-corrected chi connectivity index (χ0v) is 15.7. The van der Waals surface area contributed by atoms with Gasteiger partial charge in [-0.25, -0.2) is 4.79 Å². The molecule has 1 aromatic carbocycles. The average Bonchev–Trinajstić information content (AvgIpc) is 2.62. The summed E-state index contributed by atoms with van der Waals surface area (Å²) in [5.41, 5.74) is 2.53. The van der Waals surface area contributed by atoms with Crippen molar-refractivity contribution in [3.05, 3.63) is 23.8 Å². The molecule has 1 saturated heterocycles. The molecule has 0 saturated carbocycles. The molecule has 0 spiro atoms. The number of ether oxygens (including phenoxy) is 1. The molecule has 0 aromatic heterocycles. The smallest absolute Gasteiger partial charge is 0.335 e. The largest absolute Gasteiger partial charge is 0.478 e. The van der Waals surface area contributed by atoms with Crippen molar-refractivity contribution in [3.63, 3.8) is 0 Å². The quantitative estimate of drug-likeness (QED) is 0.691. The molecule has 0 amide bonds. The second-order valence-corrected chi connectivity index (χ2v) is 6.58. The van der Waals surface area contributed by atoms with Crippen LogP contribution < -0.4 is 9.80 Å². The van der Waals surface area contributed by atoms with Crippen LogP contribution >= 0.6 is 0 Å². The number of carbonyl (C=O) groups is 1. The average molecular weight is 349 g/mol. The van der Waals surface area contributed by atoms with Crippen LogP contribution in [0.4, 0.5) is 11.4 Å². The second-order valence-electron chi connectivity index (χ2n) is 6.58. The Hall–Kier alpha value is -1.79. The molecule has 0 radical (unpaired) electrons. The number of unbranched alkanes of at least 4 members (excludes halogenated alkanes) is 1. The van der Waals surface area contributed by atoms with Crippen LogP contribution in [0.2, 0.25) is 0 Å². The predicted octanol–water partition coefficient (Wildman–Crippen LogP) is 2.39. The number of hydrogen-bond donors (Lipinski definition) is 1. The van der Waals surface area contributed by atoms with Gasteiger partial charge >= 0.3 is 5.97 Å². The molecular formula is C19H31N3O3. The van der Waals surface area contributed by atoms with Crippen LogP contribution in [-0.2, 0) is 4.74 Å². The lowest BCUT2D eigenvalue weighted by Gasteiger charge is -2.37. The van der Waals surface area contributed by atoms with Gasteiger partial charge in [0.15, 0.2) is 0 Å². The number of aromatic carboxylic acids is 1. The van der Waals surface area contributed by atoms with E-state index in [9.17, 15) is 9.90 Å². The van der Waals surface area contributed by atoms with E-state index < -0.39 is 5.97 Å². The van der Waals surface area contributed by atoms with Gasteiger partial charge in [-0.1, -0.05) is 0 Å². The maximum atomic E-state index is 11.4. The van der Waals surface area contributed by atoms with Crippen molar-refractivity contribution in [1.82, 2.24) is 4.90 Å². The van der Waals surface area contributed by atoms with Crippen molar-refractivity contribution >= 4 is 17.3 Å². The second kappa shape index (κ2) is 9.63. The summed E-state index contributed by atoms with van der Waals surface area (Å²) >= 11 is 0. The van der Waals surface area contributed by atoms with E-state index in [1.54, 1.807) is 13.2 Å². The number of benzene rings is 1. The van der Waals surface area contributed by atoms with Crippen LogP contribution in [0.15, 0.2) is 18.2 Å². The van der Waals surface area contributed by atoms with E-state index in [-0.39, 0.29) is 0 Å². The summed E-state index contributed by atoms with van der Waals surface area (Å²) < 4.78 is 5.13. The van der Waals surface area contributed by atoms with Gasteiger partial charge < -0.3 is 24.5 Å². The minimum absolute atomic E-state index is 0.350. The van der Waals surface area contributed by atoms with Gasteiger partial charge in [0.25, 0.3) is 0 Å². The van der Waals surface area contributed by atoms with E-state index in [1.807, 2.05) is 12.1 Å². The molecule has 0 unspecified atom stereocenters. The normalized spacial score (nSPS) is 15.4. The number of likely N-dealkylation sites (N-methyl/N-ethyl adjacent to an activating group) is 1. The van der Waals surface area contributed by atoms with E-state index in [2.05, 4.69) is 28.7 Å². The third kappa shape index (κ3) is 5.34. The number of anilines is 2. The standard InChI is InChI=1S/C19H31N3O3/c1-4-21(9-5-6-14-25-3)18-15-16(19(23)24)7-8-17(18)22-12-10-20(2)11-13-22/h7-8,15H,4-6,9-14H2,1-3H3,(H,23,24). The molecule has 1 aliphatic heterocycles. The number of nitrogens with zero attached hydrogens (tertiary/aromatic N) is 3. The summed E-state index contributed by atoms with van der Waals surface area (Å²) in [5.74, 6) is -0.874. The van der Waals surface area contributed by atoms with E-state index in [1.165, 1.54) is 0 Å². The Kier molecular flexibility index (Phi) is 7.52. The van der Waals surface area contributed by atoms with Gasteiger partial charge in [-0.15, -0.1) is 0 Å². The molecule has 1 aromatic rings. The molecule has 1 aliphatic rings. The van der Waals surface area contributed by atoms with Crippen LogP contribution in [-0.4, -0.2) is 76.0 Å². The highest BCUT2D eigenvalue weighted by molar-refractivity contribution is 5.91. The van der Waals surface area contributed by atoms with Crippen molar-refractivity contribution in [3.8, 4) is 0 Å². The molecule has 1 fully saturated rings. The molecule has 0 atom stereocenters. The third-order valence-corrected chi connectivity index (χ3v) is 4.82. The fourth-order valence-electron chi connectivity index (χ4n) is 3.22. The fraction of sp³-hybridized carbons (Fsp3) is 0.632. The van der Waals surface area contributed by atoms with Gasteiger partial charge in [0.2, 0.25) is 0 Å². The highest BCUT2D eigenvalue weighted by atomic mass is 16.5. The van der Waals surface area contributed by atoms with Gasteiger partial charge in [0, 0.05) is 53.0 Å². The van der Waals surface area contributed by atoms with Crippen LogP contribution in [0.3, 0.4) is 0 Å². The van der Waals surface area contributed by atoms with Gasteiger partial charge in [-0.05, 0) is 45.0 Å². The minimum atomic E-state index is -0.874. The Morgan fingerprint density at radius 2 is 1.96 bits per heavy atom. The van der Waals surface area contributed by atoms with Crippen LogP contribution in [0.1, 0.15) is 30.1 Å². The molecule has 25 heavy (non-hydrogen) atoms. The molecule has 2 rings (SSSR count). The predicted molar refractivity (Wildman–Crippen MR) is 102 cm³/mol. The lowest BCUT2D eigenvalue weighted by atomic mass is 10.1. The first-order chi connectivity index (χ1) is 12.1. The molecule has 6 nitrogen and oxygen atoms in total. The summed E-state index contributed by atoms with van der Waals surface area (Å²) in [7, 11) is 3.86. The van der Waals surface area contributed by atoms with Gasteiger partial charge in [0.1, 0.15) is 0 Å². The maximum absolute atomic E-state index is 11.4. The molecule has 6 heteroatoms. The van der Waals surface area contributed by atoms with E-state index in [0.717, 1.165) is 70.1 Å². The van der Waals surface area contributed by atoms with Crippen molar-refractivity contribution in [2.75, 3.05) is 69.8 Å². The number of carboxylic acid groups (broad SMARTS) is 1. The summed E-state index contributed by atoms with van der Waals surface area (Å²) in [6, 6.07) is 5.52. The highest BCUT2D eigenvalue weighted by Crippen LogP contribution is 2.32. The molecule has 1 N–H and O–H groups in total. The molecule has 140 valence electrons. The van der Waals surface area contributed by atoms with Crippen molar-refractivity contribution < 1.29 is 14.6 Å². The number of piperazine rings is 1. The Labute approximate surface area is 151 Å². The monoisotopic (exact) mass is 349 g/mol. The summed E-state index contributed by atoms with van der Waals surface area (Å²) in [5, 5.41) is 9.39. The zero-order chi connectivity index (χ0) is 18.2. The van der Waals surface area contributed by atoms with Crippen LogP contribution in [0.25, 0.3) is 0 Å². The Balaban J connectivity index is 2.23. The van der Waals surface area contributed by atoms with E-state index in [4.69, 9.17) is 4.74 Å². The van der Waals surface area contributed by atoms with Crippen molar-refractivity contribution in [2.24, 2.45) is 0 Å². The Bertz CT molecular complexity index is 557. The van der Waals surface area contributed by atoms with E-state index >= 15 is 0 Å².